The van der Waals surface area contributed by atoms with Gasteiger partial charge < -0.3 is 15.4 Å². The average Bonchev–Trinajstić information content (AvgIpc) is 2.76. The predicted octanol–water partition coefficient (Wildman–Crippen LogP) is 0.271. The quantitative estimate of drug-likeness (QED) is 0.737. The van der Waals surface area contributed by atoms with E-state index in [4.69, 9.17) is 10.5 Å². The summed E-state index contributed by atoms with van der Waals surface area (Å²) in [5.74, 6) is 0.576. The summed E-state index contributed by atoms with van der Waals surface area (Å²) in [5, 5.41) is 0. The van der Waals surface area contributed by atoms with Crippen molar-refractivity contribution in [3.8, 4) is 5.75 Å². The second-order valence-corrected chi connectivity index (χ2v) is 6.98. The van der Waals surface area contributed by atoms with Crippen LogP contribution in [0, 0.1) is 0 Å². The van der Waals surface area contributed by atoms with Gasteiger partial charge in [-0.1, -0.05) is 0 Å². The van der Waals surface area contributed by atoms with E-state index in [9.17, 15) is 8.42 Å². The summed E-state index contributed by atoms with van der Waals surface area (Å²) in [5.41, 5.74) is 6.21. The van der Waals surface area contributed by atoms with Gasteiger partial charge in [-0.3, -0.25) is 0 Å². The first-order chi connectivity index (χ1) is 9.44. The van der Waals surface area contributed by atoms with Crippen molar-refractivity contribution in [3.05, 3.63) is 24.3 Å². The van der Waals surface area contributed by atoms with Crippen LogP contribution in [0.4, 0.5) is 5.69 Å². The van der Waals surface area contributed by atoms with Crippen molar-refractivity contribution in [1.82, 2.24) is 9.62 Å². The molecule has 20 heavy (non-hydrogen) atoms. The first-order valence-corrected chi connectivity index (χ1v) is 8.27. The van der Waals surface area contributed by atoms with Gasteiger partial charge in [-0.2, -0.15) is 0 Å². The fourth-order valence-corrected chi connectivity index (χ4v) is 3.30. The largest absolute Gasteiger partial charge is 0.492 e. The second-order valence-electron chi connectivity index (χ2n) is 5.10. The molecule has 1 heterocycles. The summed E-state index contributed by atoms with van der Waals surface area (Å²) in [7, 11) is -1.31. The number of anilines is 1. The first-order valence-electron chi connectivity index (χ1n) is 6.61. The molecule has 0 radical (unpaired) electrons. The number of nitrogen functional groups attached to an aromatic ring is 1. The van der Waals surface area contributed by atoms with Crippen molar-refractivity contribution in [3.63, 3.8) is 0 Å². The van der Waals surface area contributed by atoms with Crippen LogP contribution in [0.3, 0.4) is 0 Å². The number of benzene rings is 1. The molecule has 1 aliphatic rings. The third kappa shape index (κ3) is 4.66. The van der Waals surface area contributed by atoms with Gasteiger partial charge in [0, 0.05) is 18.3 Å². The standard InChI is InChI=1S/C13H21N3O3S/c1-16-7-6-12(10-16)15-20(17,18)9-8-19-13-4-2-11(14)3-5-13/h2-5,12,15H,6-10,14H2,1H3. The topological polar surface area (TPSA) is 84.7 Å². The number of likely N-dealkylation sites (tertiary alicyclic amines) is 1. The van der Waals surface area contributed by atoms with E-state index in [0.29, 0.717) is 11.4 Å². The molecule has 0 saturated carbocycles. The lowest BCUT2D eigenvalue weighted by molar-refractivity contribution is 0.340. The van der Waals surface area contributed by atoms with Crippen LogP contribution in [0.25, 0.3) is 0 Å². The number of nitrogens with two attached hydrogens (primary N) is 1. The molecule has 1 saturated heterocycles. The molecule has 6 nitrogen and oxygen atoms in total. The maximum Gasteiger partial charge on any atom is 0.215 e. The average molecular weight is 299 g/mol. The lowest BCUT2D eigenvalue weighted by Gasteiger charge is -2.13. The Bertz CT molecular complexity index is 530. The zero-order valence-corrected chi connectivity index (χ0v) is 12.4. The molecule has 2 rings (SSSR count). The molecule has 0 amide bonds. The fourth-order valence-electron chi connectivity index (χ4n) is 2.18. The molecule has 0 aliphatic carbocycles. The highest BCUT2D eigenvalue weighted by molar-refractivity contribution is 7.89. The van der Waals surface area contributed by atoms with Gasteiger partial charge in [0.25, 0.3) is 0 Å². The van der Waals surface area contributed by atoms with E-state index in [0.717, 1.165) is 19.5 Å². The monoisotopic (exact) mass is 299 g/mol. The summed E-state index contributed by atoms with van der Waals surface area (Å²) in [6.07, 6.45) is 0.856. The van der Waals surface area contributed by atoms with Crippen molar-refractivity contribution in [2.24, 2.45) is 0 Å². The SMILES string of the molecule is CN1CCC(NS(=O)(=O)CCOc2ccc(N)cc2)C1. The maximum atomic E-state index is 11.9. The molecule has 1 aliphatic heterocycles. The minimum absolute atomic E-state index is 0.0153. The van der Waals surface area contributed by atoms with Crippen molar-refractivity contribution >= 4 is 15.7 Å². The van der Waals surface area contributed by atoms with Gasteiger partial charge in [0.1, 0.15) is 12.4 Å². The zero-order chi connectivity index (χ0) is 14.6. The van der Waals surface area contributed by atoms with Gasteiger partial charge in [0.2, 0.25) is 10.0 Å². The third-order valence-corrected chi connectivity index (χ3v) is 4.64. The Morgan fingerprint density at radius 2 is 2.10 bits per heavy atom. The van der Waals surface area contributed by atoms with Crippen LogP contribution >= 0.6 is 0 Å². The summed E-state index contributed by atoms with van der Waals surface area (Å²) in [4.78, 5) is 2.11. The summed E-state index contributed by atoms with van der Waals surface area (Å²) < 4.78 is 31.9. The molecule has 1 atom stereocenters. The highest BCUT2D eigenvalue weighted by Crippen LogP contribution is 2.13. The number of sulfonamides is 1. The predicted molar refractivity (Wildman–Crippen MR) is 79.2 cm³/mol. The number of nitrogens with one attached hydrogen (secondary N) is 1. The molecule has 3 N–H and O–H groups in total. The molecular weight excluding hydrogens is 278 g/mol. The van der Waals surface area contributed by atoms with Gasteiger partial charge >= 0.3 is 0 Å². The van der Waals surface area contributed by atoms with Crippen LogP contribution in [0.2, 0.25) is 0 Å². The molecule has 1 aromatic carbocycles. The van der Waals surface area contributed by atoms with Gasteiger partial charge in [-0.15, -0.1) is 0 Å². The molecule has 0 spiro atoms. The number of rotatable bonds is 6. The lowest BCUT2D eigenvalue weighted by atomic mass is 10.3. The minimum Gasteiger partial charge on any atom is -0.492 e. The second kappa shape index (κ2) is 6.43. The van der Waals surface area contributed by atoms with Crippen molar-refractivity contribution in [2.75, 3.05) is 38.2 Å². The van der Waals surface area contributed by atoms with Crippen LogP contribution in [-0.2, 0) is 10.0 Å². The highest BCUT2D eigenvalue weighted by atomic mass is 32.2. The molecule has 7 heteroatoms. The molecule has 1 fully saturated rings. The minimum atomic E-state index is -3.29. The number of ether oxygens (including phenoxy) is 1. The molecule has 1 aromatic rings. The third-order valence-electron chi connectivity index (χ3n) is 3.24. The van der Waals surface area contributed by atoms with Crippen molar-refractivity contribution < 1.29 is 13.2 Å². The first kappa shape index (κ1) is 15.1. The lowest BCUT2D eigenvalue weighted by Crippen LogP contribution is -2.39. The van der Waals surface area contributed by atoms with E-state index >= 15 is 0 Å². The molecular formula is C13H21N3O3S. The molecule has 0 aromatic heterocycles. The summed E-state index contributed by atoms with van der Waals surface area (Å²) in [6, 6.07) is 6.90. The van der Waals surface area contributed by atoms with E-state index in [1.54, 1.807) is 24.3 Å². The number of hydrogen-bond donors (Lipinski definition) is 2. The smallest absolute Gasteiger partial charge is 0.215 e. The molecule has 0 bridgehead atoms. The van der Waals surface area contributed by atoms with Crippen molar-refractivity contribution in [1.29, 1.82) is 0 Å². The number of hydrogen-bond acceptors (Lipinski definition) is 5. The van der Waals surface area contributed by atoms with Crippen LogP contribution in [-0.4, -0.2) is 51.9 Å². The Morgan fingerprint density at radius 1 is 1.40 bits per heavy atom. The van der Waals surface area contributed by atoms with Crippen LogP contribution in [0.1, 0.15) is 6.42 Å². The Morgan fingerprint density at radius 3 is 2.70 bits per heavy atom. The number of nitrogens with zero attached hydrogens (tertiary/aromatic N) is 1. The van der Waals surface area contributed by atoms with E-state index in [1.807, 2.05) is 7.05 Å². The highest BCUT2D eigenvalue weighted by Gasteiger charge is 2.24. The zero-order valence-electron chi connectivity index (χ0n) is 11.6. The molecule has 1 unspecified atom stereocenters. The van der Waals surface area contributed by atoms with Gasteiger partial charge in [0.05, 0.1) is 5.75 Å². The van der Waals surface area contributed by atoms with Gasteiger partial charge in [-0.25, -0.2) is 13.1 Å². The van der Waals surface area contributed by atoms with E-state index < -0.39 is 10.0 Å². The Kier molecular flexibility index (Phi) is 4.85. The maximum absolute atomic E-state index is 11.9. The van der Waals surface area contributed by atoms with Gasteiger partial charge in [-0.05, 0) is 44.3 Å². The normalized spacial score (nSPS) is 20.1. The van der Waals surface area contributed by atoms with Gasteiger partial charge in [0.15, 0.2) is 0 Å². The summed E-state index contributed by atoms with van der Waals surface area (Å²) in [6.45, 7) is 1.81. The Hall–Kier alpha value is -1.31. The van der Waals surface area contributed by atoms with Crippen molar-refractivity contribution in [2.45, 2.75) is 12.5 Å². The van der Waals surface area contributed by atoms with Crippen LogP contribution < -0.4 is 15.2 Å². The van der Waals surface area contributed by atoms with E-state index in [2.05, 4.69) is 9.62 Å². The van der Waals surface area contributed by atoms with E-state index in [-0.39, 0.29) is 18.4 Å². The van der Waals surface area contributed by atoms with Crippen LogP contribution in [0.5, 0.6) is 5.75 Å². The van der Waals surface area contributed by atoms with E-state index in [1.165, 1.54) is 0 Å². The number of likely N-dealkylation sites (N-methyl/N-ethyl adjacent to an activating group) is 1. The Balaban J connectivity index is 1.76. The summed E-state index contributed by atoms with van der Waals surface area (Å²) >= 11 is 0. The Labute approximate surface area is 120 Å². The van der Waals surface area contributed by atoms with Crippen LogP contribution in [0.15, 0.2) is 24.3 Å². The molecule has 112 valence electrons. The fraction of sp³-hybridized carbons (Fsp3) is 0.538.